The second-order valence-corrected chi connectivity index (χ2v) is 5.83. The first-order valence-electron chi connectivity index (χ1n) is 6.90. The molecule has 1 unspecified atom stereocenters. The van der Waals surface area contributed by atoms with Crippen LogP contribution in [-0.4, -0.2) is 6.54 Å². The Morgan fingerprint density at radius 2 is 1.70 bits per heavy atom. The number of nitrogens with one attached hydrogen (secondary N) is 1. The van der Waals surface area contributed by atoms with Gasteiger partial charge in [-0.3, -0.25) is 0 Å². The summed E-state index contributed by atoms with van der Waals surface area (Å²) in [6.45, 7) is 5.37. The lowest BCUT2D eigenvalue weighted by atomic mass is 10.00. The van der Waals surface area contributed by atoms with Crippen LogP contribution < -0.4 is 5.32 Å². The van der Waals surface area contributed by atoms with Crippen LogP contribution >= 0.6 is 23.2 Å². The lowest BCUT2D eigenvalue weighted by molar-refractivity contribution is 0.571. The third-order valence-electron chi connectivity index (χ3n) is 3.28. The molecule has 2 aromatic rings. The number of benzene rings is 2. The molecule has 2 rings (SSSR count). The smallest absolute Gasteiger partial charge is 0.0426 e. The Balaban J connectivity index is 2.29. The number of hydrogen-bond acceptors (Lipinski definition) is 1. The van der Waals surface area contributed by atoms with Crippen molar-refractivity contribution in [1.82, 2.24) is 5.32 Å². The van der Waals surface area contributed by atoms with E-state index in [4.69, 9.17) is 23.2 Å². The van der Waals surface area contributed by atoms with Crippen LogP contribution in [-0.2, 0) is 0 Å². The van der Waals surface area contributed by atoms with E-state index in [-0.39, 0.29) is 0 Å². The van der Waals surface area contributed by atoms with Gasteiger partial charge in [0.2, 0.25) is 0 Å². The molecule has 0 saturated heterocycles. The van der Waals surface area contributed by atoms with Crippen molar-refractivity contribution in [3.63, 3.8) is 0 Å². The van der Waals surface area contributed by atoms with E-state index in [2.05, 4.69) is 43.4 Å². The van der Waals surface area contributed by atoms with Crippen molar-refractivity contribution in [1.29, 1.82) is 0 Å². The Kier molecular flexibility index (Phi) is 5.47. The molecule has 0 aliphatic rings. The first kappa shape index (κ1) is 15.4. The van der Waals surface area contributed by atoms with Gasteiger partial charge in [-0.05, 0) is 60.8 Å². The van der Waals surface area contributed by atoms with Gasteiger partial charge in [-0.25, -0.2) is 0 Å². The molecule has 0 radical (unpaired) electrons. The Hall–Kier alpha value is -1.02. The van der Waals surface area contributed by atoms with Gasteiger partial charge in [0.05, 0.1) is 0 Å². The van der Waals surface area contributed by atoms with Crippen LogP contribution in [0.2, 0.25) is 10.0 Å². The fourth-order valence-corrected chi connectivity index (χ4v) is 2.71. The van der Waals surface area contributed by atoms with Gasteiger partial charge in [-0.2, -0.15) is 0 Å². The normalized spacial score (nSPS) is 12.4. The first-order valence-corrected chi connectivity index (χ1v) is 7.65. The predicted molar refractivity (Wildman–Crippen MR) is 88.6 cm³/mol. The summed E-state index contributed by atoms with van der Waals surface area (Å²) >= 11 is 12.1. The van der Waals surface area contributed by atoms with Gasteiger partial charge in [-0.1, -0.05) is 48.3 Å². The molecule has 0 aromatic heterocycles. The minimum atomic E-state index is 0.338. The van der Waals surface area contributed by atoms with Crippen molar-refractivity contribution in [2.45, 2.75) is 26.3 Å². The van der Waals surface area contributed by atoms with E-state index in [1.54, 1.807) is 6.07 Å². The fourth-order valence-electron chi connectivity index (χ4n) is 2.19. The summed E-state index contributed by atoms with van der Waals surface area (Å²) in [5, 5.41) is 4.82. The largest absolute Gasteiger partial charge is 0.310 e. The maximum Gasteiger partial charge on any atom is 0.0426 e. The zero-order chi connectivity index (χ0) is 14.5. The highest BCUT2D eigenvalue weighted by atomic mass is 35.5. The van der Waals surface area contributed by atoms with Gasteiger partial charge in [-0.15, -0.1) is 0 Å². The highest BCUT2D eigenvalue weighted by molar-refractivity contribution is 6.35. The van der Waals surface area contributed by atoms with E-state index in [0.717, 1.165) is 24.1 Å². The van der Waals surface area contributed by atoms with Crippen LogP contribution in [0.15, 0.2) is 42.5 Å². The summed E-state index contributed by atoms with van der Waals surface area (Å²) in [4.78, 5) is 0. The van der Waals surface area contributed by atoms with E-state index in [0.29, 0.717) is 16.1 Å². The topological polar surface area (TPSA) is 12.0 Å². The lowest BCUT2D eigenvalue weighted by Crippen LogP contribution is -2.19. The molecule has 0 aliphatic carbocycles. The lowest BCUT2D eigenvalue weighted by Gasteiger charge is -2.15. The molecule has 0 aliphatic heterocycles. The van der Waals surface area contributed by atoms with Crippen LogP contribution in [0.4, 0.5) is 0 Å². The molecule has 0 fully saturated rings. The molecule has 20 heavy (non-hydrogen) atoms. The highest BCUT2D eigenvalue weighted by Gasteiger charge is 2.07. The maximum absolute atomic E-state index is 6.07. The van der Waals surface area contributed by atoms with Gasteiger partial charge in [0.15, 0.2) is 0 Å². The first-order chi connectivity index (χ1) is 9.60. The van der Waals surface area contributed by atoms with Gasteiger partial charge in [0.25, 0.3) is 0 Å². The standard InChI is InChI=1S/C17H19Cl2N/c1-3-7-20-12(2)13-5-4-6-14(8-13)15-9-16(18)11-17(19)10-15/h4-6,8-12,20H,3,7H2,1-2H3. The SMILES string of the molecule is CCCNC(C)c1cccc(-c2cc(Cl)cc(Cl)c2)c1. The molecular weight excluding hydrogens is 289 g/mol. The molecule has 0 saturated carbocycles. The van der Waals surface area contributed by atoms with E-state index < -0.39 is 0 Å². The molecule has 2 aromatic carbocycles. The van der Waals surface area contributed by atoms with Crippen molar-refractivity contribution in [2.75, 3.05) is 6.54 Å². The molecular formula is C17H19Cl2N. The molecule has 106 valence electrons. The van der Waals surface area contributed by atoms with E-state index >= 15 is 0 Å². The monoisotopic (exact) mass is 307 g/mol. The van der Waals surface area contributed by atoms with Crippen molar-refractivity contribution in [3.05, 3.63) is 58.1 Å². The number of halogens is 2. The molecule has 1 atom stereocenters. The van der Waals surface area contributed by atoms with E-state index in [1.165, 1.54) is 5.56 Å². The molecule has 0 spiro atoms. The molecule has 1 N–H and O–H groups in total. The summed E-state index contributed by atoms with van der Waals surface area (Å²) < 4.78 is 0. The van der Waals surface area contributed by atoms with Crippen molar-refractivity contribution >= 4 is 23.2 Å². The Bertz CT molecular complexity index is 561. The van der Waals surface area contributed by atoms with Crippen LogP contribution in [0.3, 0.4) is 0 Å². The maximum atomic E-state index is 6.07. The molecule has 3 heteroatoms. The second kappa shape index (κ2) is 7.12. The second-order valence-electron chi connectivity index (χ2n) is 4.96. The van der Waals surface area contributed by atoms with E-state index in [1.807, 2.05) is 12.1 Å². The van der Waals surface area contributed by atoms with Gasteiger partial charge < -0.3 is 5.32 Å². The van der Waals surface area contributed by atoms with E-state index in [9.17, 15) is 0 Å². The van der Waals surface area contributed by atoms with Crippen molar-refractivity contribution < 1.29 is 0 Å². The third kappa shape index (κ3) is 3.99. The van der Waals surface area contributed by atoms with Crippen LogP contribution in [0, 0.1) is 0 Å². The summed E-state index contributed by atoms with van der Waals surface area (Å²) in [6, 6.07) is 14.5. The van der Waals surface area contributed by atoms with Crippen LogP contribution in [0.5, 0.6) is 0 Å². The Labute approximate surface area is 130 Å². The Morgan fingerprint density at radius 3 is 2.35 bits per heavy atom. The van der Waals surface area contributed by atoms with Crippen molar-refractivity contribution in [3.8, 4) is 11.1 Å². The van der Waals surface area contributed by atoms with Gasteiger partial charge >= 0.3 is 0 Å². The average molecular weight is 308 g/mol. The summed E-state index contributed by atoms with van der Waals surface area (Å²) in [6.07, 6.45) is 1.13. The van der Waals surface area contributed by atoms with Gasteiger partial charge in [0.1, 0.15) is 0 Å². The van der Waals surface area contributed by atoms with Crippen molar-refractivity contribution in [2.24, 2.45) is 0 Å². The van der Waals surface area contributed by atoms with Gasteiger partial charge in [0, 0.05) is 16.1 Å². The fraction of sp³-hybridized carbons (Fsp3) is 0.294. The van der Waals surface area contributed by atoms with Crippen LogP contribution in [0.1, 0.15) is 31.9 Å². The summed E-state index contributed by atoms with van der Waals surface area (Å²) in [7, 11) is 0. The zero-order valence-corrected chi connectivity index (χ0v) is 13.3. The van der Waals surface area contributed by atoms with Crippen LogP contribution in [0.25, 0.3) is 11.1 Å². The molecule has 1 nitrogen and oxygen atoms in total. The highest BCUT2D eigenvalue weighted by Crippen LogP contribution is 2.28. The summed E-state index contributed by atoms with van der Waals surface area (Å²) in [5.74, 6) is 0. The quantitative estimate of drug-likeness (QED) is 0.744. The molecule has 0 amide bonds. The summed E-state index contributed by atoms with van der Waals surface area (Å²) in [5.41, 5.74) is 3.45. The Morgan fingerprint density at radius 1 is 1.00 bits per heavy atom. The molecule has 0 heterocycles. The third-order valence-corrected chi connectivity index (χ3v) is 3.72. The molecule has 0 bridgehead atoms. The number of hydrogen-bond donors (Lipinski definition) is 1. The minimum Gasteiger partial charge on any atom is -0.310 e. The predicted octanol–water partition coefficient (Wildman–Crippen LogP) is 5.72. The number of rotatable bonds is 5. The minimum absolute atomic E-state index is 0.338. The average Bonchev–Trinajstić information content (AvgIpc) is 2.44. The zero-order valence-electron chi connectivity index (χ0n) is 11.8.